The molecule has 0 fully saturated rings. The molecule has 0 radical (unpaired) electrons. The second-order valence-electron chi connectivity index (χ2n) is 8.60. The molecule has 1 atom stereocenters. The molecule has 0 bridgehead atoms. The van der Waals surface area contributed by atoms with Crippen LogP contribution >= 0.6 is 0 Å². The molecular formula is C26H50O2. The fourth-order valence-electron chi connectivity index (χ4n) is 4.07. The van der Waals surface area contributed by atoms with E-state index in [0.29, 0.717) is 5.57 Å². The molecule has 1 N–H and O–H groups in total. The normalized spacial score (nSPS) is 13.0. The Hall–Kier alpha value is -0.790. The van der Waals surface area contributed by atoms with Crippen molar-refractivity contribution >= 4 is 5.97 Å². The molecule has 1 unspecified atom stereocenters. The average molecular weight is 395 g/mol. The van der Waals surface area contributed by atoms with Crippen molar-refractivity contribution < 1.29 is 9.90 Å². The summed E-state index contributed by atoms with van der Waals surface area (Å²) < 4.78 is 0. The lowest BCUT2D eigenvalue weighted by Gasteiger charge is -2.16. The molecule has 166 valence electrons. The van der Waals surface area contributed by atoms with Gasteiger partial charge in [0.15, 0.2) is 0 Å². The van der Waals surface area contributed by atoms with Crippen LogP contribution in [0.2, 0.25) is 0 Å². The molecule has 0 aromatic rings. The highest BCUT2D eigenvalue weighted by atomic mass is 16.4. The first kappa shape index (κ1) is 27.2. The summed E-state index contributed by atoms with van der Waals surface area (Å²) in [5.74, 6) is -0.455. The zero-order valence-electron chi connectivity index (χ0n) is 19.4. The molecule has 0 spiro atoms. The van der Waals surface area contributed by atoms with Gasteiger partial charge in [0.1, 0.15) is 0 Å². The largest absolute Gasteiger partial charge is 0.478 e. The maximum absolute atomic E-state index is 11.6. The van der Waals surface area contributed by atoms with E-state index in [1.807, 2.05) is 6.08 Å². The van der Waals surface area contributed by atoms with Gasteiger partial charge in [-0.05, 0) is 31.6 Å². The van der Waals surface area contributed by atoms with Crippen LogP contribution in [0.5, 0.6) is 0 Å². The van der Waals surface area contributed by atoms with E-state index in [2.05, 4.69) is 20.8 Å². The predicted molar refractivity (Wildman–Crippen MR) is 124 cm³/mol. The minimum atomic E-state index is -0.696. The number of allylic oxidation sites excluding steroid dienone is 1. The number of carboxylic acid groups (broad SMARTS) is 1. The van der Waals surface area contributed by atoms with Gasteiger partial charge in [-0.25, -0.2) is 4.79 Å². The predicted octanol–water partition coefficient (Wildman–Crippen LogP) is 9.09. The van der Waals surface area contributed by atoms with Crippen molar-refractivity contribution in [2.45, 2.75) is 143 Å². The van der Waals surface area contributed by atoms with Crippen molar-refractivity contribution in [3.8, 4) is 0 Å². The van der Waals surface area contributed by atoms with Crippen LogP contribution in [0.25, 0.3) is 0 Å². The first-order valence-corrected chi connectivity index (χ1v) is 12.6. The van der Waals surface area contributed by atoms with Crippen LogP contribution in [0.3, 0.4) is 0 Å². The molecule has 0 aromatic heterocycles. The van der Waals surface area contributed by atoms with E-state index in [1.54, 1.807) is 0 Å². The van der Waals surface area contributed by atoms with E-state index in [-0.39, 0.29) is 5.92 Å². The molecule has 2 nitrogen and oxygen atoms in total. The monoisotopic (exact) mass is 394 g/mol. The van der Waals surface area contributed by atoms with E-state index < -0.39 is 5.97 Å². The summed E-state index contributed by atoms with van der Waals surface area (Å²) in [4.78, 5) is 11.6. The van der Waals surface area contributed by atoms with E-state index in [1.165, 1.54) is 89.9 Å². The molecule has 0 aromatic carbocycles. The third-order valence-electron chi connectivity index (χ3n) is 6.01. The van der Waals surface area contributed by atoms with E-state index in [0.717, 1.165) is 32.1 Å². The molecular weight excluding hydrogens is 344 g/mol. The summed E-state index contributed by atoms with van der Waals surface area (Å²) in [6.07, 6.45) is 26.1. The van der Waals surface area contributed by atoms with E-state index in [4.69, 9.17) is 0 Å². The van der Waals surface area contributed by atoms with Crippen LogP contribution in [0.15, 0.2) is 11.6 Å². The van der Waals surface area contributed by atoms with Gasteiger partial charge >= 0.3 is 5.97 Å². The quantitative estimate of drug-likeness (QED) is 0.156. The zero-order chi connectivity index (χ0) is 20.9. The topological polar surface area (TPSA) is 37.3 Å². The Morgan fingerprint density at radius 3 is 1.54 bits per heavy atom. The highest BCUT2D eigenvalue weighted by Crippen LogP contribution is 2.23. The fraction of sp³-hybridized carbons (Fsp3) is 0.885. The SMILES string of the molecule is CCCCCCCCCCCCCCCC=C(C(=O)O)C(CC)CCCCC. The Bertz CT molecular complexity index is 373. The lowest BCUT2D eigenvalue weighted by molar-refractivity contribution is -0.133. The van der Waals surface area contributed by atoms with Crippen molar-refractivity contribution in [3.63, 3.8) is 0 Å². The molecule has 0 amide bonds. The number of aliphatic carboxylic acids is 1. The second-order valence-corrected chi connectivity index (χ2v) is 8.60. The third-order valence-corrected chi connectivity index (χ3v) is 6.01. The minimum absolute atomic E-state index is 0.242. The van der Waals surface area contributed by atoms with Gasteiger partial charge in [0.05, 0.1) is 0 Å². The Labute approximate surface area is 176 Å². The first-order valence-electron chi connectivity index (χ1n) is 12.6. The molecule has 2 heteroatoms. The summed E-state index contributed by atoms with van der Waals surface area (Å²) in [5.41, 5.74) is 0.678. The molecule has 0 aliphatic rings. The number of carboxylic acids is 1. The first-order chi connectivity index (χ1) is 13.7. The molecule has 0 aliphatic heterocycles. The number of hydrogen-bond donors (Lipinski definition) is 1. The van der Waals surface area contributed by atoms with Crippen LogP contribution < -0.4 is 0 Å². The zero-order valence-corrected chi connectivity index (χ0v) is 19.4. The van der Waals surface area contributed by atoms with Crippen LogP contribution in [0.4, 0.5) is 0 Å². The van der Waals surface area contributed by atoms with E-state index >= 15 is 0 Å². The molecule has 0 aliphatic carbocycles. The van der Waals surface area contributed by atoms with Crippen LogP contribution in [-0.4, -0.2) is 11.1 Å². The van der Waals surface area contributed by atoms with Crippen molar-refractivity contribution in [2.75, 3.05) is 0 Å². The maximum Gasteiger partial charge on any atom is 0.331 e. The van der Waals surface area contributed by atoms with Crippen molar-refractivity contribution in [1.29, 1.82) is 0 Å². The van der Waals surface area contributed by atoms with Crippen LogP contribution in [0, 0.1) is 5.92 Å². The molecule has 0 rings (SSSR count). The number of rotatable bonds is 21. The molecule has 0 heterocycles. The maximum atomic E-state index is 11.6. The van der Waals surface area contributed by atoms with Gasteiger partial charge in [-0.15, -0.1) is 0 Å². The highest BCUT2D eigenvalue weighted by Gasteiger charge is 2.17. The molecule has 0 saturated heterocycles. The van der Waals surface area contributed by atoms with Crippen LogP contribution in [0.1, 0.15) is 143 Å². The lowest BCUT2D eigenvalue weighted by Crippen LogP contribution is -2.12. The summed E-state index contributed by atoms with van der Waals surface area (Å²) in [5, 5.41) is 9.57. The van der Waals surface area contributed by atoms with Crippen molar-refractivity contribution in [3.05, 3.63) is 11.6 Å². The van der Waals surface area contributed by atoms with Crippen LogP contribution in [-0.2, 0) is 4.79 Å². The van der Waals surface area contributed by atoms with Gasteiger partial charge in [-0.3, -0.25) is 0 Å². The number of carbonyl (C=O) groups is 1. The van der Waals surface area contributed by atoms with Gasteiger partial charge in [0, 0.05) is 5.57 Å². The smallest absolute Gasteiger partial charge is 0.331 e. The Morgan fingerprint density at radius 1 is 0.679 bits per heavy atom. The van der Waals surface area contributed by atoms with Gasteiger partial charge in [0.2, 0.25) is 0 Å². The summed E-state index contributed by atoms with van der Waals surface area (Å²) in [6, 6.07) is 0. The Balaban J connectivity index is 3.74. The Kier molecular flexibility index (Phi) is 20.3. The second kappa shape index (κ2) is 20.9. The number of hydrogen-bond acceptors (Lipinski definition) is 1. The fourth-order valence-corrected chi connectivity index (χ4v) is 4.07. The van der Waals surface area contributed by atoms with Crippen molar-refractivity contribution in [2.24, 2.45) is 5.92 Å². The van der Waals surface area contributed by atoms with Gasteiger partial charge in [-0.2, -0.15) is 0 Å². The van der Waals surface area contributed by atoms with Crippen molar-refractivity contribution in [1.82, 2.24) is 0 Å². The standard InChI is InChI=1S/C26H50O2/c1-4-7-9-10-11-12-13-14-15-16-17-18-19-21-23-25(26(27)28)24(6-3)22-20-8-5-2/h23-24H,4-22H2,1-3H3,(H,27,28). The summed E-state index contributed by atoms with van der Waals surface area (Å²) in [6.45, 7) is 6.60. The summed E-state index contributed by atoms with van der Waals surface area (Å²) >= 11 is 0. The minimum Gasteiger partial charge on any atom is -0.478 e. The van der Waals surface area contributed by atoms with Gasteiger partial charge in [-0.1, -0.05) is 123 Å². The average Bonchev–Trinajstić information content (AvgIpc) is 2.69. The molecule has 28 heavy (non-hydrogen) atoms. The lowest BCUT2D eigenvalue weighted by atomic mass is 9.89. The Morgan fingerprint density at radius 2 is 1.11 bits per heavy atom. The van der Waals surface area contributed by atoms with E-state index in [9.17, 15) is 9.90 Å². The molecule has 0 saturated carbocycles. The highest BCUT2D eigenvalue weighted by molar-refractivity contribution is 5.87. The number of unbranched alkanes of at least 4 members (excludes halogenated alkanes) is 15. The third kappa shape index (κ3) is 16.2. The van der Waals surface area contributed by atoms with Gasteiger partial charge < -0.3 is 5.11 Å². The summed E-state index contributed by atoms with van der Waals surface area (Å²) in [7, 11) is 0. The van der Waals surface area contributed by atoms with Gasteiger partial charge in [0.25, 0.3) is 0 Å².